The average Bonchev–Trinajstić information content (AvgIpc) is 3.51. The predicted molar refractivity (Wildman–Crippen MR) is 122 cm³/mol. The van der Waals surface area contributed by atoms with Crippen molar-refractivity contribution in [3.8, 4) is 11.5 Å². The van der Waals surface area contributed by atoms with Crippen molar-refractivity contribution in [2.75, 3.05) is 20.8 Å². The second-order valence-corrected chi connectivity index (χ2v) is 8.58. The van der Waals surface area contributed by atoms with Gasteiger partial charge in [-0.25, -0.2) is 9.79 Å². The van der Waals surface area contributed by atoms with Gasteiger partial charge in [-0.2, -0.15) is 0 Å². The van der Waals surface area contributed by atoms with E-state index in [0.717, 1.165) is 24.1 Å². The van der Waals surface area contributed by atoms with E-state index in [1.54, 1.807) is 34.1 Å². The molecule has 3 aliphatic rings. The molecule has 1 atom stereocenters. The van der Waals surface area contributed by atoms with Gasteiger partial charge in [0.25, 0.3) is 0 Å². The maximum atomic E-state index is 13.0. The van der Waals surface area contributed by atoms with Crippen LogP contribution in [0.1, 0.15) is 44.7 Å². The van der Waals surface area contributed by atoms with Crippen molar-refractivity contribution in [2.45, 2.75) is 45.2 Å². The Balaban J connectivity index is 1.77. The number of nitrogens with zero attached hydrogens (tertiary/aromatic N) is 2. The number of esters is 1. The van der Waals surface area contributed by atoms with Crippen LogP contribution in [0.3, 0.4) is 0 Å². The fourth-order valence-corrected chi connectivity index (χ4v) is 4.81. The summed E-state index contributed by atoms with van der Waals surface area (Å²) in [6.45, 7) is 3.82. The summed E-state index contributed by atoms with van der Waals surface area (Å²) >= 11 is 1.44. The zero-order valence-corrected chi connectivity index (χ0v) is 19.5. The van der Waals surface area contributed by atoms with Crippen LogP contribution < -0.4 is 14.8 Å². The zero-order valence-electron chi connectivity index (χ0n) is 18.6. The number of amidine groups is 1. The van der Waals surface area contributed by atoms with Crippen LogP contribution in [0.2, 0.25) is 0 Å². The van der Waals surface area contributed by atoms with Gasteiger partial charge in [-0.1, -0.05) is 11.8 Å². The molecule has 0 saturated heterocycles. The minimum absolute atomic E-state index is 0.0370. The van der Waals surface area contributed by atoms with Crippen LogP contribution in [-0.4, -0.2) is 48.8 Å². The van der Waals surface area contributed by atoms with Crippen molar-refractivity contribution in [2.24, 2.45) is 4.99 Å². The van der Waals surface area contributed by atoms with Gasteiger partial charge in [0, 0.05) is 23.4 Å². The molecular weight excluding hydrogens is 430 g/mol. The molecule has 1 aromatic rings. The monoisotopic (exact) mass is 457 g/mol. The molecule has 1 fully saturated rings. The Labute approximate surface area is 191 Å². The van der Waals surface area contributed by atoms with Crippen LogP contribution in [-0.2, 0) is 14.3 Å². The SMILES string of the molecule is CCOC(=O)C1=C(C)N=C2SC=C(CC(=O)NC3CC3)N2C1c1ccc(OC)cc1OC. The summed E-state index contributed by atoms with van der Waals surface area (Å²) in [5.74, 6) is 0.743. The summed E-state index contributed by atoms with van der Waals surface area (Å²) < 4.78 is 16.4. The van der Waals surface area contributed by atoms with Crippen molar-refractivity contribution in [3.05, 3.63) is 46.1 Å². The van der Waals surface area contributed by atoms with Crippen LogP contribution >= 0.6 is 11.8 Å². The van der Waals surface area contributed by atoms with Crippen molar-refractivity contribution < 1.29 is 23.8 Å². The van der Waals surface area contributed by atoms with Crippen LogP contribution in [0.4, 0.5) is 0 Å². The van der Waals surface area contributed by atoms with Crippen molar-refractivity contribution in [1.82, 2.24) is 10.2 Å². The number of carbonyl (C=O) groups is 2. The first-order chi connectivity index (χ1) is 15.5. The number of thioether (sulfide) groups is 1. The lowest BCUT2D eigenvalue weighted by Gasteiger charge is -2.36. The molecule has 170 valence electrons. The van der Waals surface area contributed by atoms with E-state index in [-0.39, 0.29) is 25.0 Å². The molecule has 1 aromatic carbocycles. The second kappa shape index (κ2) is 9.28. The van der Waals surface area contributed by atoms with E-state index in [1.165, 1.54) is 11.8 Å². The van der Waals surface area contributed by atoms with Crippen molar-refractivity contribution in [1.29, 1.82) is 0 Å². The molecule has 32 heavy (non-hydrogen) atoms. The summed E-state index contributed by atoms with van der Waals surface area (Å²) in [6, 6.07) is 5.22. The van der Waals surface area contributed by atoms with Gasteiger partial charge in [0.2, 0.25) is 5.91 Å². The number of fused-ring (bicyclic) bond motifs is 1. The van der Waals surface area contributed by atoms with Crippen LogP contribution in [0.15, 0.2) is 45.6 Å². The Morgan fingerprint density at radius 1 is 1.25 bits per heavy atom. The molecule has 2 aliphatic heterocycles. The van der Waals surface area contributed by atoms with E-state index in [9.17, 15) is 9.59 Å². The summed E-state index contributed by atoms with van der Waals surface area (Å²) in [7, 11) is 3.17. The Hall–Kier alpha value is -2.94. The number of methoxy groups -OCH3 is 2. The largest absolute Gasteiger partial charge is 0.497 e. The van der Waals surface area contributed by atoms with Gasteiger partial charge < -0.3 is 24.4 Å². The van der Waals surface area contributed by atoms with Crippen molar-refractivity contribution in [3.63, 3.8) is 0 Å². The van der Waals surface area contributed by atoms with E-state index >= 15 is 0 Å². The Kier molecular flexibility index (Phi) is 6.45. The zero-order chi connectivity index (χ0) is 22.8. The van der Waals surface area contributed by atoms with E-state index in [4.69, 9.17) is 14.2 Å². The standard InChI is InChI=1S/C23H27N3O5S/c1-5-31-22(28)20-13(2)24-23-26(15(12-32-23)10-19(27)25-14-6-7-14)21(20)17-9-8-16(29-3)11-18(17)30-4/h8-9,11-12,14,21H,5-7,10H2,1-4H3,(H,25,27). The predicted octanol–water partition coefficient (Wildman–Crippen LogP) is 3.51. The summed E-state index contributed by atoms with van der Waals surface area (Å²) in [5, 5.41) is 5.67. The first kappa shape index (κ1) is 22.3. The van der Waals surface area contributed by atoms with E-state index < -0.39 is 12.0 Å². The van der Waals surface area contributed by atoms with E-state index in [0.29, 0.717) is 27.9 Å². The molecule has 0 aromatic heterocycles. The number of hydrogen-bond acceptors (Lipinski definition) is 8. The molecule has 0 radical (unpaired) electrons. The molecule has 8 nitrogen and oxygen atoms in total. The quantitative estimate of drug-likeness (QED) is 0.598. The maximum absolute atomic E-state index is 13.0. The number of rotatable bonds is 8. The maximum Gasteiger partial charge on any atom is 0.338 e. The highest BCUT2D eigenvalue weighted by Gasteiger charge is 2.42. The topological polar surface area (TPSA) is 89.5 Å². The molecule has 1 amide bonds. The lowest BCUT2D eigenvalue weighted by Crippen LogP contribution is -2.38. The van der Waals surface area contributed by atoms with Crippen LogP contribution in [0.25, 0.3) is 0 Å². The van der Waals surface area contributed by atoms with Gasteiger partial charge in [0.1, 0.15) is 11.5 Å². The summed E-state index contributed by atoms with van der Waals surface area (Å²) in [4.78, 5) is 32.2. The third-order valence-corrected chi connectivity index (χ3v) is 6.40. The molecule has 1 aliphatic carbocycles. The molecular formula is C23H27N3O5S. The van der Waals surface area contributed by atoms with Gasteiger partial charge in [0.15, 0.2) is 5.17 Å². The summed E-state index contributed by atoms with van der Waals surface area (Å²) in [5.41, 5.74) is 2.56. The second-order valence-electron chi connectivity index (χ2n) is 7.74. The van der Waals surface area contributed by atoms with E-state index in [2.05, 4.69) is 10.3 Å². The number of benzene rings is 1. The van der Waals surface area contributed by atoms with Gasteiger partial charge in [-0.15, -0.1) is 0 Å². The highest BCUT2D eigenvalue weighted by atomic mass is 32.2. The fourth-order valence-electron chi connectivity index (χ4n) is 3.85. The highest BCUT2D eigenvalue weighted by molar-refractivity contribution is 8.16. The lowest BCUT2D eigenvalue weighted by molar-refractivity contribution is -0.139. The molecule has 0 spiro atoms. The smallest absolute Gasteiger partial charge is 0.338 e. The number of hydrogen-bond donors (Lipinski definition) is 1. The van der Waals surface area contributed by atoms with Crippen molar-refractivity contribution >= 4 is 28.8 Å². The first-order valence-electron chi connectivity index (χ1n) is 10.6. The van der Waals surface area contributed by atoms with Crippen LogP contribution in [0.5, 0.6) is 11.5 Å². The first-order valence-corrected chi connectivity index (χ1v) is 11.5. The third-order valence-electron chi connectivity index (χ3n) is 5.52. The molecule has 1 N–H and O–H groups in total. The lowest BCUT2D eigenvalue weighted by atomic mass is 9.93. The molecule has 2 heterocycles. The van der Waals surface area contributed by atoms with E-state index in [1.807, 2.05) is 22.4 Å². The molecule has 9 heteroatoms. The molecule has 1 unspecified atom stereocenters. The minimum Gasteiger partial charge on any atom is -0.497 e. The fraction of sp³-hybridized carbons (Fsp3) is 0.435. The Morgan fingerprint density at radius 3 is 2.69 bits per heavy atom. The highest BCUT2D eigenvalue weighted by Crippen LogP contribution is 2.47. The number of aliphatic imine (C=N–C) groups is 1. The van der Waals surface area contributed by atoms with Gasteiger partial charge in [-0.05, 0) is 44.2 Å². The number of allylic oxidation sites excluding steroid dienone is 1. The Morgan fingerprint density at radius 2 is 2.03 bits per heavy atom. The number of amides is 1. The van der Waals surface area contributed by atoms with Gasteiger partial charge in [0.05, 0.1) is 44.6 Å². The molecule has 0 bridgehead atoms. The Bertz CT molecular complexity index is 1030. The minimum atomic E-state index is -0.544. The van der Waals surface area contributed by atoms with Crippen LogP contribution in [0, 0.1) is 0 Å². The number of nitrogens with one attached hydrogen (secondary N) is 1. The number of ether oxygens (including phenoxy) is 3. The molecule has 1 saturated carbocycles. The van der Waals surface area contributed by atoms with Gasteiger partial charge in [-0.3, -0.25) is 4.79 Å². The average molecular weight is 458 g/mol. The summed E-state index contributed by atoms with van der Waals surface area (Å²) in [6.07, 6.45) is 2.25. The number of carbonyl (C=O) groups excluding carboxylic acids is 2. The molecule has 4 rings (SSSR count). The van der Waals surface area contributed by atoms with Gasteiger partial charge >= 0.3 is 5.97 Å². The third kappa shape index (κ3) is 4.34. The normalized spacial score (nSPS) is 19.8.